The van der Waals surface area contributed by atoms with Gasteiger partial charge in [0.15, 0.2) is 0 Å². The number of amides is 2. The molecule has 3 rings (SSSR count). The summed E-state index contributed by atoms with van der Waals surface area (Å²) >= 11 is 0. The van der Waals surface area contributed by atoms with E-state index in [2.05, 4.69) is 15.6 Å². The van der Waals surface area contributed by atoms with Crippen molar-refractivity contribution in [2.45, 2.75) is 24.7 Å². The summed E-state index contributed by atoms with van der Waals surface area (Å²) in [6.07, 6.45) is -3.91. The third-order valence-corrected chi connectivity index (χ3v) is 3.80. The Balaban J connectivity index is 1.66. The fourth-order valence-corrected chi connectivity index (χ4v) is 2.69. The van der Waals surface area contributed by atoms with E-state index in [1.54, 1.807) is 0 Å². The number of fused-ring (bicyclic) bond motifs is 1. The zero-order valence-corrected chi connectivity index (χ0v) is 12.3. The molecular weight excluding hydrogens is 323 g/mol. The highest BCUT2D eigenvalue weighted by Crippen LogP contribution is 2.31. The number of carbonyl (C=O) groups is 1. The summed E-state index contributed by atoms with van der Waals surface area (Å²) in [4.78, 5) is 15.3. The van der Waals surface area contributed by atoms with Gasteiger partial charge in [-0.25, -0.2) is 9.78 Å². The highest BCUT2D eigenvalue weighted by molar-refractivity contribution is 5.89. The van der Waals surface area contributed by atoms with E-state index in [1.807, 2.05) is 24.3 Å². The Morgan fingerprint density at radius 1 is 1.21 bits per heavy atom. The second kappa shape index (κ2) is 6.12. The normalized spacial score (nSPS) is 19.7. The number of aromatic nitrogens is 1. The molecule has 1 aromatic carbocycles. The van der Waals surface area contributed by atoms with Gasteiger partial charge in [0.2, 0.25) is 0 Å². The molecule has 126 valence electrons. The van der Waals surface area contributed by atoms with Crippen LogP contribution >= 0.6 is 0 Å². The number of halogens is 3. The van der Waals surface area contributed by atoms with Gasteiger partial charge in [-0.2, -0.15) is 13.2 Å². The zero-order chi connectivity index (χ0) is 17.3. The van der Waals surface area contributed by atoms with E-state index in [1.165, 1.54) is 0 Å². The molecule has 1 aromatic heterocycles. The number of aliphatic hydroxyl groups excluding tert-OH is 1. The highest BCUT2D eigenvalue weighted by atomic mass is 19.4. The molecule has 0 fully saturated rings. The van der Waals surface area contributed by atoms with E-state index in [0.29, 0.717) is 6.42 Å². The van der Waals surface area contributed by atoms with Crippen molar-refractivity contribution in [2.75, 3.05) is 5.32 Å². The maximum atomic E-state index is 12.4. The van der Waals surface area contributed by atoms with Crippen molar-refractivity contribution < 1.29 is 23.1 Å². The Kier molecular flexibility index (Phi) is 4.15. The predicted molar refractivity (Wildman–Crippen MR) is 80.3 cm³/mol. The monoisotopic (exact) mass is 337 g/mol. The molecular formula is C16H14F3N3O2. The minimum absolute atomic E-state index is 0.126. The molecule has 0 saturated heterocycles. The van der Waals surface area contributed by atoms with Gasteiger partial charge in [-0.15, -0.1) is 0 Å². The third-order valence-electron chi connectivity index (χ3n) is 3.80. The summed E-state index contributed by atoms with van der Waals surface area (Å²) in [5.74, 6) is 0. The second-order valence-corrected chi connectivity index (χ2v) is 5.48. The Morgan fingerprint density at radius 3 is 2.62 bits per heavy atom. The second-order valence-electron chi connectivity index (χ2n) is 5.48. The first kappa shape index (κ1) is 16.3. The summed E-state index contributed by atoms with van der Waals surface area (Å²) in [6, 6.07) is 8.06. The molecule has 0 aliphatic heterocycles. The molecule has 5 nitrogen and oxygen atoms in total. The molecule has 8 heteroatoms. The van der Waals surface area contributed by atoms with Crippen molar-refractivity contribution in [3.63, 3.8) is 0 Å². The molecule has 1 aliphatic carbocycles. The summed E-state index contributed by atoms with van der Waals surface area (Å²) in [6.45, 7) is 0. The number of benzene rings is 1. The number of nitrogens with one attached hydrogen (secondary N) is 2. The summed E-state index contributed by atoms with van der Waals surface area (Å²) in [5, 5.41) is 15.1. The molecule has 2 atom stereocenters. The fourth-order valence-electron chi connectivity index (χ4n) is 2.69. The molecule has 1 aliphatic rings. The number of hydrogen-bond donors (Lipinski definition) is 3. The van der Waals surface area contributed by atoms with Gasteiger partial charge >= 0.3 is 12.2 Å². The molecule has 0 radical (unpaired) electrons. The van der Waals surface area contributed by atoms with Crippen LogP contribution in [0.3, 0.4) is 0 Å². The summed E-state index contributed by atoms with van der Waals surface area (Å²) in [7, 11) is 0. The van der Waals surface area contributed by atoms with Crippen LogP contribution in [0.4, 0.5) is 23.7 Å². The van der Waals surface area contributed by atoms with Crippen LogP contribution in [-0.4, -0.2) is 22.2 Å². The summed E-state index contributed by atoms with van der Waals surface area (Å²) in [5.41, 5.74) is 0.868. The standard InChI is InChI=1S/C16H14F3N3O2/c17-16(18,19)13-6-5-10(8-20-13)21-15(24)22-14-11-4-2-1-3-9(11)7-12(14)23/h1-6,8,12,14,23H,7H2,(H2,21,22,24)/t12-,14-/m0/s1. The first-order valence-corrected chi connectivity index (χ1v) is 7.21. The lowest BCUT2D eigenvalue weighted by atomic mass is 10.1. The van der Waals surface area contributed by atoms with E-state index in [4.69, 9.17) is 0 Å². The number of carbonyl (C=O) groups excluding carboxylic acids is 1. The smallest absolute Gasteiger partial charge is 0.390 e. The highest BCUT2D eigenvalue weighted by Gasteiger charge is 2.33. The molecule has 0 saturated carbocycles. The minimum atomic E-state index is -4.53. The molecule has 0 unspecified atom stereocenters. The Hall–Kier alpha value is -2.61. The van der Waals surface area contributed by atoms with Crippen molar-refractivity contribution in [1.29, 1.82) is 0 Å². The average Bonchev–Trinajstić information content (AvgIpc) is 2.83. The molecule has 3 N–H and O–H groups in total. The number of pyridine rings is 1. The predicted octanol–water partition coefficient (Wildman–Crippen LogP) is 2.88. The lowest BCUT2D eigenvalue weighted by molar-refractivity contribution is -0.141. The molecule has 2 aromatic rings. The number of hydrogen-bond acceptors (Lipinski definition) is 3. The van der Waals surface area contributed by atoms with Crippen molar-refractivity contribution in [2.24, 2.45) is 0 Å². The van der Waals surface area contributed by atoms with Gasteiger partial charge in [0.05, 0.1) is 24.0 Å². The van der Waals surface area contributed by atoms with Gasteiger partial charge in [0.1, 0.15) is 5.69 Å². The number of urea groups is 1. The van der Waals surface area contributed by atoms with Gasteiger partial charge < -0.3 is 15.7 Å². The van der Waals surface area contributed by atoms with E-state index in [-0.39, 0.29) is 5.69 Å². The van der Waals surface area contributed by atoms with Gasteiger partial charge in [0.25, 0.3) is 0 Å². The molecule has 1 heterocycles. The van der Waals surface area contributed by atoms with E-state index >= 15 is 0 Å². The quantitative estimate of drug-likeness (QED) is 0.789. The van der Waals surface area contributed by atoms with E-state index in [9.17, 15) is 23.1 Å². The lowest BCUT2D eigenvalue weighted by Gasteiger charge is -2.18. The molecule has 0 spiro atoms. The van der Waals surface area contributed by atoms with Crippen LogP contribution in [0.15, 0.2) is 42.6 Å². The number of anilines is 1. The largest absolute Gasteiger partial charge is 0.433 e. The molecule has 24 heavy (non-hydrogen) atoms. The molecule has 0 bridgehead atoms. The van der Waals surface area contributed by atoms with Crippen LogP contribution < -0.4 is 10.6 Å². The van der Waals surface area contributed by atoms with Gasteiger partial charge in [-0.1, -0.05) is 24.3 Å². The number of nitrogens with zero attached hydrogens (tertiary/aromatic N) is 1. The number of aliphatic hydroxyl groups is 1. The number of rotatable bonds is 2. The van der Waals surface area contributed by atoms with Crippen molar-refractivity contribution >= 4 is 11.7 Å². The Labute approximate surface area is 135 Å². The summed E-state index contributed by atoms with van der Waals surface area (Å²) < 4.78 is 37.3. The van der Waals surface area contributed by atoms with Gasteiger partial charge in [-0.3, -0.25) is 0 Å². The van der Waals surface area contributed by atoms with Crippen molar-refractivity contribution in [1.82, 2.24) is 10.3 Å². The number of alkyl halides is 3. The van der Waals surface area contributed by atoms with Crippen molar-refractivity contribution in [3.05, 3.63) is 59.4 Å². The van der Waals surface area contributed by atoms with E-state index in [0.717, 1.165) is 29.5 Å². The van der Waals surface area contributed by atoms with Crippen LogP contribution in [0.2, 0.25) is 0 Å². The van der Waals surface area contributed by atoms with Gasteiger partial charge in [0, 0.05) is 6.42 Å². The Bertz CT molecular complexity index is 747. The van der Waals surface area contributed by atoms with Crippen LogP contribution in [0, 0.1) is 0 Å². The van der Waals surface area contributed by atoms with Crippen LogP contribution in [0.1, 0.15) is 22.9 Å². The van der Waals surface area contributed by atoms with Crippen LogP contribution in [-0.2, 0) is 12.6 Å². The van der Waals surface area contributed by atoms with Crippen molar-refractivity contribution in [3.8, 4) is 0 Å². The molecule has 2 amide bonds. The average molecular weight is 337 g/mol. The maximum Gasteiger partial charge on any atom is 0.433 e. The third kappa shape index (κ3) is 3.33. The lowest BCUT2D eigenvalue weighted by Crippen LogP contribution is -2.36. The minimum Gasteiger partial charge on any atom is -0.390 e. The fraction of sp³-hybridized carbons (Fsp3) is 0.250. The zero-order valence-electron chi connectivity index (χ0n) is 12.3. The maximum absolute atomic E-state index is 12.4. The van der Waals surface area contributed by atoms with E-state index < -0.39 is 30.0 Å². The Morgan fingerprint density at radius 2 is 1.96 bits per heavy atom. The first-order valence-electron chi connectivity index (χ1n) is 7.21. The first-order chi connectivity index (χ1) is 11.3. The SMILES string of the molecule is O=C(Nc1ccc(C(F)(F)F)nc1)N[C@H]1c2ccccc2C[C@@H]1O. The topological polar surface area (TPSA) is 74.2 Å². The van der Waals surface area contributed by atoms with Crippen LogP contribution in [0.5, 0.6) is 0 Å². The van der Waals surface area contributed by atoms with Gasteiger partial charge in [-0.05, 0) is 23.3 Å². The van der Waals surface area contributed by atoms with Crippen LogP contribution in [0.25, 0.3) is 0 Å².